The van der Waals surface area contributed by atoms with Crippen molar-refractivity contribution >= 4 is 5.95 Å². The van der Waals surface area contributed by atoms with E-state index < -0.39 is 0 Å². The minimum absolute atomic E-state index is 0.374. The van der Waals surface area contributed by atoms with Gasteiger partial charge in [0.1, 0.15) is 0 Å². The monoisotopic (exact) mass is 239 g/mol. The molecule has 2 aromatic rings. The zero-order valence-electron chi connectivity index (χ0n) is 10.6. The topological polar surface area (TPSA) is 51.8 Å². The SMILES string of the molecule is Cc1nc(N)nc2c1CCCC2c1ccccc1. The average molecular weight is 239 g/mol. The first kappa shape index (κ1) is 11.2. The summed E-state index contributed by atoms with van der Waals surface area (Å²) in [5.74, 6) is 0.771. The van der Waals surface area contributed by atoms with E-state index in [4.69, 9.17) is 5.73 Å². The number of nitrogen functional groups attached to an aromatic ring is 1. The molecule has 18 heavy (non-hydrogen) atoms. The van der Waals surface area contributed by atoms with Crippen LogP contribution in [0, 0.1) is 6.92 Å². The number of rotatable bonds is 1. The second-order valence-corrected chi connectivity index (χ2v) is 4.89. The Bertz CT molecular complexity index is 563. The van der Waals surface area contributed by atoms with Gasteiger partial charge in [-0.05, 0) is 37.3 Å². The molecule has 1 aromatic heterocycles. The van der Waals surface area contributed by atoms with Crippen LogP contribution in [0.15, 0.2) is 30.3 Å². The molecule has 3 nitrogen and oxygen atoms in total. The molecule has 0 amide bonds. The number of aromatic nitrogens is 2. The Morgan fingerprint density at radius 3 is 2.72 bits per heavy atom. The number of hydrogen-bond acceptors (Lipinski definition) is 3. The largest absolute Gasteiger partial charge is 0.368 e. The molecule has 0 fully saturated rings. The lowest BCUT2D eigenvalue weighted by atomic mass is 9.82. The van der Waals surface area contributed by atoms with Crippen molar-refractivity contribution < 1.29 is 0 Å². The molecule has 1 aliphatic carbocycles. The maximum atomic E-state index is 5.80. The van der Waals surface area contributed by atoms with Gasteiger partial charge in [0.2, 0.25) is 5.95 Å². The molecule has 92 valence electrons. The Hall–Kier alpha value is -1.90. The average Bonchev–Trinajstić information content (AvgIpc) is 2.39. The first-order chi connectivity index (χ1) is 8.75. The van der Waals surface area contributed by atoms with Gasteiger partial charge in [0.15, 0.2) is 0 Å². The van der Waals surface area contributed by atoms with Crippen molar-refractivity contribution in [2.45, 2.75) is 32.1 Å². The van der Waals surface area contributed by atoms with Crippen molar-refractivity contribution in [3.63, 3.8) is 0 Å². The predicted octanol–water partition coefficient (Wildman–Crippen LogP) is 2.84. The van der Waals surface area contributed by atoms with Gasteiger partial charge in [-0.25, -0.2) is 9.97 Å². The molecule has 1 unspecified atom stereocenters. The lowest BCUT2D eigenvalue weighted by Gasteiger charge is -2.25. The summed E-state index contributed by atoms with van der Waals surface area (Å²) in [5, 5.41) is 0. The van der Waals surface area contributed by atoms with Crippen LogP contribution in [0.2, 0.25) is 0 Å². The van der Waals surface area contributed by atoms with E-state index in [1.54, 1.807) is 0 Å². The zero-order chi connectivity index (χ0) is 12.5. The Balaban J connectivity index is 2.12. The van der Waals surface area contributed by atoms with Crippen molar-refractivity contribution in [1.82, 2.24) is 9.97 Å². The lowest BCUT2D eigenvalue weighted by molar-refractivity contribution is 0.592. The number of fused-ring (bicyclic) bond motifs is 1. The number of nitrogens with two attached hydrogens (primary N) is 1. The van der Waals surface area contributed by atoms with Gasteiger partial charge in [0, 0.05) is 11.6 Å². The van der Waals surface area contributed by atoms with E-state index in [0.717, 1.165) is 24.2 Å². The van der Waals surface area contributed by atoms with Gasteiger partial charge >= 0.3 is 0 Å². The number of aryl methyl sites for hydroxylation is 1. The smallest absolute Gasteiger partial charge is 0.220 e. The number of anilines is 1. The molecule has 0 saturated carbocycles. The molecule has 0 radical (unpaired) electrons. The van der Waals surface area contributed by atoms with Gasteiger partial charge < -0.3 is 5.73 Å². The van der Waals surface area contributed by atoms with E-state index in [1.165, 1.54) is 17.5 Å². The second-order valence-electron chi connectivity index (χ2n) is 4.89. The molecule has 3 heteroatoms. The van der Waals surface area contributed by atoms with Gasteiger partial charge in [-0.1, -0.05) is 30.3 Å². The van der Waals surface area contributed by atoms with Crippen LogP contribution in [0.25, 0.3) is 0 Å². The molecule has 0 saturated heterocycles. The molecule has 0 bridgehead atoms. The Kier molecular flexibility index (Phi) is 2.74. The van der Waals surface area contributed by atoms with Crippen molar-refractivity contribution in [2.75, 3.05) is 5.73 Å². The summed E-state index contributed by atoms with van der Waals surface area (Å²) in [6.45, 7) is 2.03. The Labute approximate surface area is 107 Å². The fourth-order valence-corrected chi connectivity index (χ4v) is 2.87. The summed E-state index contributed by atoms with van der Waals surface area (Å²) >= 11 is 0. The van der Waals surface area contributed by atoms with Gasteiger partial charge in [-0.15, -0.1) is 0 Å². The summed E-state index contributed by atoms with van der Waals surface area (Å²) in [5.41, 5.74) is 10.6. The summed E-state index contributed by atoms with van der Waals surface area (Å²) in [6, 6.07) is 10.6. The summed E-state index contributed by atoms with van der Waals surface area (Å²) in [7, 11) is 0. The molecular formula is C15H17N3. The number of benzene rings is 1. The highest BCUT2D eigenvalue weighted by molar-refractivity contribution is 5.40. The third-order valence-electron chi connectivity index (χ3n) is 3.71. The van der Waals surface area contributed by atoms with Crippen LogP contribution >= 0.6 is 0 Å². The van der Waals surface area contributed by atoms with Gasteiger partial charge in [-0.2, -0.15) is 0 Å². The van der Waals surface area contributed by atoms with Crippen LogP contribution in [0.3, 0.4) is 0 Å². The van der Waals surface area contributed by atoms with Gasteiger partial charge in [0.05, 0.1) is 5.69 Å². The molecule has 1 aromatic carbocycles. The molecule has 2 N–H and O–H groups in total. The first-order valence-corrected chi connectivity index (χ1v) is 6.43. The van der Waals surface area contributed by atoms with Crippen LogP contribution in [-0.2, 0) is 6.42 Å². The van der Waals surface area contributed by atoms with E-state index in [9.17, 15) is 0 Å². The van der Waals surface area contributed by atoms with Crippen LogP contribution < -0.4 is 5.73 Å². The normalized spacial score (nSPS) is 18.4. The molecule has 1 aliphatic rings. The molecule has 0 aliphatic heterocycles. The van der Waals surface area contributed by atoms with Crippen LogP contribution in [-0.4, -0.2) is 9.97 Å². The summed E-state index contributed by atoms with van der Waals surface area (Å²) in [6.07, 6.45) is 3.42. The van der Waals surface area contributed by atoms with E-state index >= 15 is 0 Å². The molecule has 1 heterocycles. The van der Waals surface area contributed by atoms with Crippen molar-refractivity contribution in [3.05, 3.63) is 52.8 Å². The standard InChI is InChI=1S/C15H17N3/c1-10-12-8-5-9-13(11-6-3-2-4-7-11)14(12)18-15(16)17-10/h2-4,6-7,13H,5,8-9H2,1H3,(H2,16,17,18). The minimum Gasteiger partial charge on any atom is -0.368 e. The molecule has 0 spiro atoms. The third-order valence-corrected chi connectivity index (χ3v) is 3.71. The molecule has 3 rings (SSSR count). The zero-order valence-corrected chi connectivity index (χ0v) is 10.6. The van der Waals surface area contributed by atoms with E-state index in [2.05, 4.69) is 34.2 Å². The highest BCUT2D eigenvalue weighted by atomic mass is 15.0. The summed E-state index contributed by atoms with van der Waals surface area (Å²) < 4.78 is 0. The third kappa shape index (κ3) is 1.86. The van der Waals surface area contributed by atoms with Crippen LogP contribution in [0.5, 0.6) is 0 Å². The van der Waals surface area contributed by atoms with Crippen molar-refractivity contribution in [1.29, 1.82) is 0 Å². The quantitative estimate of drug-likeness (QED) is 0.832. The highest BCUT2D eigenvalue weighted by Crippen LogP contribution is 2.36. The second kappa shape index (κ2) is 4.41. The van der Waals surface area contributed by atoms with Crippen molar-refractivity contribution in [2.24, 2.45) is 0 Å². The lowest BCUT2D eigenvalue weighted by Crippen LogP contribution is -2.17. The van der Waals surface area contributed by atoms with Gasteiger partial charge in [-0.3, -0.25) is 0 Å². The molecular weight excluding hydrogens is 222 g/mol. The predicted molar refractivity (Wildman–Crippen MR) is 72.4 cm³/mol. The maximum absolute atomic E-state index is 5.80. The fraction of sp³-hybridized carbons (Fsp3) is 0.333. The molecule has 1 atom stereocenters. The summed E-state index contributed by atoms with van der Waals surface area (Å²) in [4.78, 5) is 8.78. The van der Waals surface area contributed by atoms with E-state index in [1.807, 2.05) is 13.0 Å². The first-order valence-electron chi connectivity index (χ1n) is 6.43. The van der Waals surface area contributed by atoms with Gasteiger partial charge in [0.25, 0.3) is 0 Å². The van der Waals surface area contributed by atoms with Crippen LogP contribution in [0.4, 0.5) is 5.95 Å². The van der Waals surface area contributed by atoms with E-state index in [-0.39, 0.29) is 0 Å². The number of nitrogens with zero attached hydrogens (tertiary/aromatic N) is 2. The van der Waals surface area contributed by atoms with Crippen molar-refractivity contribution in [3.8, 4) is 0 Å². The minimum atomic E-state index is 0.374. The fourth-order valence-electron chi connectivity index (χ4n) is 2.87. The number of hydrogen-bond donors (Lipinski definition) is 1. The maximum Gasteiger partial charge on any atom is 0.220 e. The Morgan fingerprint density at radius 1 is 1.17 bits per heavy atom. The van der Waals surface area contributed by atoms with Crippen LogP contribution in [0.1, 0.15) is 41.3 Å². The van der Waals surface area contributed by atoms with E-state index in [0.29, 0.717) is 11.9 Å². The highest BCUT2D eigenvalue weighted by Gasteiger charge is 2.25. The Morgan fingerprint density at radius 2 is 1.94 bits per heavy atom.